The molecule has 16 heavy (non-hydrogen) atoms. The average Bonchev–Trinajstić information content (AvgIpc) is 2.27. The minimum atomic E-state index is -0.437. The number of carbonyl (C=O) groups excluding carboxylic acids is 1. The first-order chi connectivity index (χ1) is 7.20. The van der Waals surface area contributed by atoms with E-state index in [0.717, 1.165) is 10.9 Å². The molecule has 0 saturated carbocycles. The molecule has 1 heterocycles. The summed E-state index contributed by atoms with van der Waals surface area (Å²) in [5.41, 5.74) is 6.43. The van der Waals surface area contributed by atoms with E-state index in [-0.39, 0.29) is 17.0 Å². The Morgan fingerprint density at radius 1 is 1.31 bits per heavy atom. The van der Waals surface area contributed by atoms with Gasteiger partial charge in [-0.1, -0.05) is 0 Å². The van der Waals surface area contributed by atoms with Crippen LogP contribution < -0.4 is 10.5 Å². The molecule has 5 heteroatoms. The maximum atomic E-state index is 10.9. The monoisotopic (exact) mass is 282 g/mol. The third kappa shape index (κ3) is 2.30. The molecule has 1 amide bonds. The second kappa shape index (κ2) is 4.94. The van der Waals surface area contributed by atoms with E-state index in [9.17, 15) is 4.79 Å². The van der Waals surface area contributed by atoms with Crippen LogP contribution in [0.25, 0.3) is 10.9 Å². The van der Waals surface area contributed by atoms with Gasteiger partial charge in [0.25, 0.3) is 0 Å². The van der Waals surface area contributed by atoms with Crippen molar-refractivity contribution in [3.8, 4) is 5.88 Å². The number of ether oxygens (including phenoxy) is 1. The lowest BCUT2D eigenvalue weighted by molar-refractivity contribution is 0.100. The van der Waals surface area contributed by atoms with Gasteiger partial charge in [0, 0.05) is 17.0 Å². The fourth-order valence-electron chi connectivity index (χ4n) is 1.37. The van der Waals surface area contributed by atoms with Crippen molar-refractivity contribution in [3.05, 3.63) is 35.9 Å². The number of nitrogens with zero attached hydrogens (tertiary/aromatic N) is 1. The van der Waals surface area contributed by atoms with Gasteiger partial charge >= 0.3 is 0 Å². The Balaban J connectivity index is 0.00000128. The van der Waals surface area contributed by atoms with Crippen molar-refractivity contribution >= 4 is 33.8 Å². The SMILES string of the molecule is Br.COc1ccc2cc(C(N)=O)ccc2n1. The summed E-state index contributed by atoms with van der Waals surface area (Å²) < 4.78 is 5.00. The number of amides is 1. The van der Waals surface area contributed by atoms with Crippen LogP contribution in [0.2, 0.25) is 0 Å². The van der Waals surface area contributed by atoms with E-state index in [1.807, 2.05) is 6.07 Å². The quantitative estimate of drug-likeness (QED) is 0.915. The maximum Gasteiger partial charge on any atom is 0.248 e. The van der Waals surface area contributed by atoms with Crippen LogP contribution in [-0.2, 0) is 0 Å². The Kier molecular flexibility index (Phi) is 3.84. The van der Waals surface area contributed by atoms with Gasteiger partial charge in [0.1, 0.15) is 0 Å². The molecule has 0 fully saturated rings. The predicted molar refractivity (Wildman–Crippen MR) is 67.1 cm³/mol. The topological polar surface area (TPSA) is 65.2 Å². The summed E-state index contributed by atoms with van der Waals surface area (Å²) in [6.45, 7) is 0. The molecular weight excluding hydrogens is 272 g/mol. The molecule has 2 rings (SSSR count). The van der Waals surface area contributed by atoms with Crippen LogP contribution >= 0.6 is 17.0 Å². The lowest BCUT2D eigenvalue weighted by Gasteiger charge is -2.02. The molecule has 0 aliphatic rings. The summed E-state index contributed by atoms with van der Waals surface area (Å²) >= 11 is 0. The normalized spacial score (nSPS) is 9.56. The molecule has 84 valence electrons. The van der Waals surface area contributed by atoms with Gasteiger partial charge in [-0.15, -0.1) is 17.0 Å². The number of methoxy groups -OCH3 is 1. The molecule has 0 saturated heterocycles. The van der Waals surface area contributed by atoms with Gasteiger partial charge in [-0.25, -0.2) is 4.98 Å². The van der Waals surface area contributed by atoms with Crippen molar-refractivity contribution in [3.63, 3.8) is 0 Å². The maximum absolute atomic E-state index is 10.9. The van der Waals surface area contributed by atoms with E-state index >= 15 is 0 Å². The standard InChI is InChI=1S/C11H10N2O2.BrH/c1-15-10-5-3-7-6-8(11(12)14)2-4-9(7)13-10;/h2-6H,1H3,(H2,12,14);1H. The number of primary amides is 1. The van der Waals surface area contributed by atoms with Gasteiger partial charge in [-0.3, -0.25) is 4.79 Å². The van der Waals surface area contributed by atoms with Crippen LogP contribution in [-0.4, -0.2) is 18.0 Å². The largest absolute Gasteiger partial charge is 0.481 e. The highest BCUT2D eigenvalue weighted by atomic mass is 79.9. The van der Waals surface area contributed by atoms with Crippen molar-refractivity contribution in [1.82, 2.24) is 4.98 Å². The lowest BCUT2D eigenvalue weighted by atomic mass is 10.1. The number of halogens is 1. The summed E-state index contributed by atoms with van der Waals surface area (Å²) in [5, 5.41) is 0.868. The molecule has 0 unspecified atom stereocenters. The number of hydrogen-bond donors (Lipinski definition) is 1. The Morgan fingerprint density at radius 2 is 2.06 bits per heavy atom. The number of fused-ring (bicyclic) bond motifs is 1. The van der Waals surface area contributed by atoms with Crippen molar-refractivity contribution < 1.29 is 9.53 Å². The predicted octanol–water partition coefficient (Wildman–Crippen LogP) is 1.92. The van der Waals surface area contributed by atoms with Crippen molar-refractivity contribution in [1.29, 1.82) is 0 Å². The number of pyridine rings is 1. The Bertz CT molecular complexity index is 528. The number of benzene rings is 1. The van der Waals surface area contributed by atoms with Crippen LogP contribution in [0.15, 0.2) is 30.3 Å². The van der Waals surface area contributed by atoms with E-state index in [4.69, 9.17) is 10.5 Å². The molecule has 2 N–H and O–H groups in total. The average molecular weight is 283 g/mol. The number of nitrogens with two attached hydrogens (primary N) is 1. The molecule has 0 aliphatic heterocycles. The first kappa shape index (κ1) is 12.4. The second-order valence-electron chi connectivity index (χ2n) is 3.13. The van der Waals surface area contributed by atoms with Gasteiger partial charge in [0.05, 0.1) is 12.6 Å². The van der Waals surface area contributed by atoms with E-state index in [2.05, 4.69) is 4.98 Å². The first-order valence-electron chi connectivity index (χ1n) is 4.45. The highest BCUT2D eigenvalue weighted by Gasteiger charge is 2.03. The summed E-state index contributed by atoms with van der Waals surface area (Å²) in [4.78, 5) is 15.2. The second-order valence-corrected chi connectivity index (χ2v) is 3.13. The zero-order valence-corrected chi connectivity index (χ0v) is 10.3. The minimum absolute atomic E-state index is 0. The molecule has 0 spiro atoms. The van der Waals surface area contributed by atoms with E-state index in [0.29, 0.717) is 11.4 Å². The zero-order valence-electron chi connectivity index (χ0n) is 8.64. The van der Waals surface area contributed by atoms with Crippen molar-refractivity contribution in [2.75, 3.05) is 7.11 Å². The van der Waals surface area contributed by atoms with Crippen LogP contribution in [0.4, 0.5) is 0 Å². The van der Waals surface area contributed by atoms with Gasteiger partial charge in [-0.2, -0.15) is 0 Å². The lowest BCUT2D eigenvalue weighted by Crippen LogP contribution is -2.10. The van der Waals surface area contributed by atoms with Crippen molar-refractivity contribution in [2.24, 2.45) is 5.73 Å². The fraction of sp³-hybridized carbons (Fsp3) is 0.0909. The highest BCUT2D eigenvalue weighted by molar-refractivity contribution is 8.93. The van der Waals surface area contributed by atoms with E-state index in [1.54, 1.807) is 31.4 Å². The molecule has 0 bridgehead atoms. The third-order valence-electron chi connectivity index (χ3n) is 2.16. The van der Waals surface area contributed by atoms with Crippen LogP contribution in [0.3, 0.4) is 0 Å². The molecule has 0 radical (unpaired) electrons. The first-order valence-corrected chi connectivity index (χ1v) is 4.45. The molecule has 2 aromatic rings. The summed E-state index contributed by atoms with van der Waals surface area (Å²) in [7, 11) is 1.56. The molecular formula is C11H11BrN2O2. The minimum Gasteiger partial charge on any atom is -0.481 e. The van der Waals surface area contributed by atoms with Gasteiger partial charge in [0.2, 0.25) is 11.8 Å². The molecule has 0 aliphatic carbocycles. The Morgan fingerprint density at radius 3 is 2.69 bits per heavy atom. The molecule has 0 atom stereocenters. The van der Waals surface area contributed by atoms with E-state index < -0.39 is 5.91 Å². The zero-order chi connectivity index (χ0) is 10.8. The highest BCUT2D eigenvalue weighted by Crippen LogP contribution is 2.17. The van der Waals surface area contributed by atoms with Crippen LogP contribution in [0.5, 0.6) is 5.88 Å². The van der Waals surface area contributed by atoms with Gasteiger partial charge in [0.15, 0.2) is 0 Å². The summed E-state index contributed by atoms with van der Waals surface area (Å²) in [6, 6.07) is 8.69. The van der Waals surface area contributed by atoms with Crippen LogP contribution in [0.1, 0.15) is 10.4 Å². The smallest absolute Gasteiger partial charge is 0.248 e. The van der Waals surface area contributed by atoms with E-state index in [1.165, 1.54) is 0 Å². The van der Waals surface area contributed by atoms with Gasteiger partial charge in [-0.05, 0) is 24.3 Å². The molecule has 4 nitrogen and oxygen atoms in total. The summed E-state index contributed by atoms with van der Waals surface area (Å²) in [5.74, 6) is 0.113. The number of rotatable bonds is 2. The number of hydrogen-bond acceptors (Lipinski definition) is 3. The molecule has 1 aromatic carbocycles. The fourth-order valence-corrected chi connectivity index (χ4v) is 1.37. The number of carbonyl (C=O) groups is 1. The molecule has 1 aromatic heterocycles. The number of aromatic nitrogens is 1. The van der Waals surface area contributed by atoms with Gasteiger partial charge < -0.3 is 10.5 Å². The summed E-state index contributed by atoms with van der Waals surface area (Å²) in [6.07, 6.45) is 0. The Labute approximate surface area is 103 Å². The Hall–Kier alpha value is -1.62. The third-order valence-corrected chi connectivity index (χ3v) is 2.16. The van der Waals surface area contributed by atoms with Crippen molar-refractivity contribution in [2.45, 2.75) is 0 Å². The van der Waals surface area contributed by atoms with Crippen LogP contribution in [0, 0.1) is 0 Å².